The molecule has 19 heavy (non-hydrogen) atoms. The first-order valence-corrected chi connectivity index (χ1v) is 5.75. The second kappa shape index (κ2) is 4.42. The van der Waals surface area contributed by atoms with Crippen LogP contribution >= 0.6 is 11.6 Å². The molecule has 0 heterocycles. The zero-order chi connectivity index (χ0) is 14.3. The highest BCUT2D eigenvalue weighted by Crippen LogP contribution is 2.46. The van der Waals surface area contributed by atoms with E-state index < -0.39 is 23.1 Å². The molecule has 1 fully saturated rings. The van der Waals surface area contributed by atoms with Gasteiger partial charge in [0.1, 0.15) is 5.41 Å². The number of anilines is 1. The maximum atomic E-state index is 12.6. The lowest BCUT2D eigenvalue weighted by Crippen LogP contribution is -2.23. The second-order valence-corrected chi connectivity index (χ2v) is 4.81. The highest BCUT2D eigenvalue weighted by molar-refractivity contribution is 6.31. The Morgan fingerprint density at radius 3 is 2.47 bits per heavy atom. The van der Waals surface area contributed by atoms with Gasteiger partial charge in [-0.15, -0.1) is 0 Å². The Morgan fingerprint density at radius 1 is 1.37 bits per heavy atom. The molecule has 100 valence electrons. The Balaban J connectivity index is 2.25. The van der Waals surface area contributed by atoms with Crippen molar-refractivity contribution in [1.29, 1.82) is 5.26 Å². The molecule has 2 rings (SSSR count). The van der Waals surface area contributed by atoms with Crippen LogP contribution in [0.2, 0.25) is 5.02 Å². The van der Waals surface area contributed by atoms with Gasteiger partial charge in [-0.2, -0.15) is 18.4 Å². The minimum Gasteiger partial charge on any atom is -0.325 e. The Labute approximate surface area is 112 Å². The summed E-state index contributed by atoms with van der Waals surface area (Å²) < 4.78 is 37.7. The van der Waals surface area contributed by atoms with Crippen molar-refractivity contribution in [2.75, 3.05) is 5.32 Å². The van der Waals surface area contributed by atoms with E-state index in [0.29, 0.717) is 12.8 Å². The zero-order valence-corrected chi connectivity index (χ0v) is 10.3. The number of nitriles is 1. The van der Waals surface area contributed by atoms with Crippen molar-refractivity contribution >= 4 is 23.2 Å². The summed E-state index contributed by atoms with van der Waals surface area (Å²) in [5.74, 6) is -0.592. The Kier molecular flexibility index (Phi) is 3.19. The van der Waals surface area contributed by atoms with Gasteiger partial charge in [0.05, 0.1) is 11.6 Å². The average molecular weight is 289 g/mol. The number of amides is 1. The van der Waals surface area contributed by atoms with Gasteiger partial charge in [0, 0.05) is 10.7 Å². The van der Waals surface area contributed by atoms with Gasteiger partial charge in [-0.3, -0.25) is 4.79 Å². The number of carbonyl (C=O) groups excluding carboxylic acids is 1. The van der Waals surface area contributed by atoms with Gasteiger partial charge in [0.2, 0.25) is 5.91 Å². The Hall–Kier alpha value is -1.74. The minimum absolute atomic E-state index is 0.0636. The van der Waals surface area contributed by atoms with E-state index >= 15 is 0 Å². The van der Waals surface area contributed by atoms with Gasteiger partial charge >= 0.3 is 6.18 Å². The number of hydrogen-bond donors (Lipinski definition) is 1. The zero-order valence-electron chi connectivity index (χ0n) is 9.51. The molecule has 1 aromatic carbocycles. The molecule has 1 N–H and O–H groups in total. The summed E-state index contributed by atoms with van der Waals surface area (Å²) in [6.45, 7) is 0. The highest BCUT2D eigenvalue weighted by Gasteiger charge is 2.50. The first-order chi connectivity index (χ1) is 8.77. The van der Waals surface area contributed by atoms with Crippen molar-refractivity contribution in [3.05, 3.63) is 28.8 Å². The van der Waals surface area contributed by atoms with Crippen LogP contribution in [0.25, 0.3) is 0 Å². The molecule has 1 aromatic rings. The fourth-order valence-corrected chi connectivity index (χ4v) is 1.83. The van der Waals surface area contributed by atoms with Gasteiger partial charge in [-0.1, -0.05) is 11.6 Å². The van der Waals surface area contributed by atoms with Crippen molar-refractivity contribution in [1.82, 2.24) is 0 Å². The predicted octanol–water partition coefficient (Wildman–Crippen LogP) is 3.60. The molecule has 1 aliphatic carbocycles. The summed E-state index contributed by atoms with van der Waals surface area (Å²) in [4.78, 5) is 11.7. The quantitative estimate of drug-likeness (QED) is 0.904. The molecule has 0 unspecified atom stereocenters. The third-order valence-corrected chi connectivity index (χ3v) is 3.10. The number of benzene rings is 1. The van der Waals surface area contributed by atoms with E-state index in [1.54, 1.807) is 0 Å². The molecule has 0 radical (unpaired) electrons. The fraction of sp³-hybridized carbons (Fsp3) is 0.333. The van der Waals surface area contributed by atoms with Crippen LogP contribution in [-0.2, 0) is 11.0 Å². The van der Waals surface area contributed by atoms with Crippen molar-refractivity contribution < 1.29 is 18.0 Å². The van der Waals surface area contributed by atoms with Crippen LogP contribution in [0.3, 0.4) is 0 Å². The number of nitrogens with zero attached hydrogens (tertiary/aromatic N) is 1. The number of carbonyl (C=O) groups is 1. The SMILES string of the molecule is N#CC1(C(=O)Nc2cc(Cl)cc(C(F)(F)F)c2)CC1. The van der Waals surface area contributed by atoms with E-state index in [-0.39, 0.29) is 10.7 Å². The molecule has 0 bridgehead atoms. The molecular weight excluding hydrogens is 281 g/mol. The summed E-state index contributed by atoms with van der Waals surface area (Å²) in [6, 6.07) is 4.64. The van der Waals surface area contributed by atoms with Crippen LogP contribution in [0.1, 0.15) is 18.4 Å². The molecule has 7 heteroatoms. The van der Waals surface area contributed by atoms with E-state index in [2.05, 4.69) is 5.32 Å². The lowest BCUT2D eigenvalue weighted by Gasteiger charge is -2.12. The molecule has 1 aliphatic rings. The predicted molar refractivity (Wildman–Crippen MR) is 62.4 cm³/mol. The number of rotatable bonds is 2. The first kappa shape index (κ1) is 13.7. The Morgan fingerprint density at radius 2 is 2.00 bits per heavy atom. The van der Waals surface area contributed by atoms with Crippen molar-refractivity contribution in [2.45, 2.75) is 19.0 Å². The monoisotopic (exact) mass is 288 g/mol. The van der Waals surface area contributed by atoms with Crippen LogP contribution in [0, 0.1) is 16.7 Å². The van der Waals surface area contributed by atoms with Gasteiger partial charge < -0.3 is 5.32 Å². The molecule has 0 saturated heterocycles. The third-order valence-electron chi connectivity index (χ3n) is 2.88. The molecule has 1 saturated carbocycles. The molecule has 3 nitrogen and oxygen atoms in total. The number of hydrogen-bond acceptors (Lipinski definition) is 2. The van der Waals surface area contributed by atoms with Crippen molar-refractivity contribution in [2.24, 2.45) is 5.41 Å². The van der Waals surface area contributed by atoms with E-state index in [1.165, 1.54) is 6.07 Å². The maximum absolute atomic E-state index is 12.6. The molecule has 0 aromatic heterocycles. The summed E-state index contributed by atoms with van der Waals surface area (Å²) in [5.41, 5.74) is -2.11. The lowest BCUT2D eigenvalue weighted by molar-refractivity contribution is -0.137. The van der Waals surface area contributed by atoms with E-state index in [9.17, 15) is 18.0 Å². The Bertz CT molecular complexity index is 573. The lowest BCUT2D eigenvalue weighted by atomic mass is 10.1. The van der Waals surface area contributed by atoms with Crippen LogP contribution in [-0.4, -0.2) is 5.91 Å². The standard InChI is InChI=1S/C12H8ClF3N2O/c13-8-3-7(12(14,15)16)4-9(5-8)18-10(19)11(6-17)1-2-11/h3-5H,1-2H2,(H,18,19). The molecule has 0 spiro atoms. The molecular formula is C12H8ClF3N2O. The topological polar surface area (TPSA) is 52.9 Å². The number of nitrogens with one attached hydrogen (secondary N) is 1. The minimum atomic E-state index is -4.54. The number of halogens is 4. The van der Waals surface area contributed by atoms with E-state index in [4.69, 9.17) is 16.9 Å². The first-order valence-electron chi connectivity index (χ1n) is 5.37. The molecule has 1 amide bonds. The highest BCUT2D eigenvalue weighted by atomic mass is 35.5. The normalized spacial score (nSPS) is 16.6. The van der Waals surface area contributed by atoms with Crippen LogP contribution in [0.15, 0.2) is 18.2 Å². The summed E-state index contributed by atoms with van der Waals surface area (Å²) in [6.07, 6.45) is -3.71. The second-order valence-electron chi connectivity index (χ2n) is 4.37. The molecule has 0 aliphatic heterocycles. The smallest absolute Gasteiger partial charge is 0.325 e. The van der Waals surface area contributed by atoms with Gasteiger partial charge in [0.15, 0.2) is 0 Å². The molecule has 0 atom stereocenters. The van der Waals surface area contributed by atoms with Gasteiger partial charge in [-0.25, -0.2) is 0 Å². The largest absolute Gasteiger partial charge is 0.416 e. The van der Waals surface area contributed by atoms with Gasteiger partial charge in [-0.05, 0) is 31.0 Å². The van der Waals surface area contributed by atoms with E-state index in [1.807, 2.05) is 6.07 Å². The maximum Gasteiger partial charge on any atom is 0.416 e. The van der Waals surface area contributed by atoms with Crippen molar-refractivity contribution in [3.63, 3.8) is 0 Å². The average Bonchev–Trinajstić information content (AvgIpc) is 3.07. The number of alkyl halides is 3. The van der Waals surface area contributed by atoms with Crippen molar-refractivity contribution in [3.8, 4) is 6.07 Å². The summed E-state index contributed by atoms with van der Waals surface area (Å²) in [5, 5.41) is 11.0. The van der Waals surface area contributed by atoms with Crippen LogP contribution < -0.4 is 5.32 Å². The van der Waals surface area contributed by atoms with Gasteiger partial charge in [0.25, 0.3) is 0 Å². The summed E-state index contributed by atoms with van der Waals surface area (Å²) in [7, 11) is 0. The summed E-state index contributed by atoms with van der Waals surface area (Å²) >= 11 is 5.59. The third kappa shape index (κ3) is 2.82. The van der Waals surface area contributed by atoms with Crippen LogP contribution in [0.4, 0.5) is 18.9 Å². The fourth-order valence-electron chi connectivity index (χ4n) is 1.59. The van der Waals surface area contributed by atoms with Crippen LogP contribution in [0.5, 0.6) is 0 Å². The van der Waals surface area contributed by atoms with E-state index in [0.717, 1.165) is 12.1 Å².